The number of imide groups is 2. The molecule has 1 heterocycles. The summed E-state index contributed by atoms with van der Waals surface area (Å²) in [5, 5.41) is 2.30. The van der Waals surface area contributed by atoms with Gasteiger partial charge in [-0.2, -0.15) is 0 Å². The summed E-state index contributed by atoms with van der Waals surface area (Å²) in [4.78, 5) is 44.0. The van der Waals surface area contributed by atoms with E-state index < -0.39 is 23.8 Å². The molecular formula is C18H33N4O3+. The van der Waals surface area contributed by atoms with E-state index >= 15 is 0 Å². The molecule has 25 heavy (non-hydrogen) atoms. The average Bonchev–Trinajstić information content (AvgIpc) is 2.59. The molecule has 0 radical (unpaired) electrons. The highest BCUT2D eigenvalue weighted by atomic mass is 16.2. The van der Waals surface area contributed by atoms with Crippen LogP contribution in [0.15, 0.2) is 4.99 Å². The zero-order valence-corrected chi connectivity index (χ0v) is 16.1. The largest absolute Gasteiger partial charge is 0.335 e. The van der Waals surface area contributed by atoms with E-state index in [0.29, 0.717) is 25.2 Å². The Kier molecular flexibility index (Phi) is 9.34. The van der Waals surface area contributed by atoms with Gasteiger partial charge in [-0.3, -0.25) is 24.8 Å². The van der Waals surface area contributed by atoms with Crippen LogP contribution in [-0.4, -0.2) is 61.2 Å². The van der Waals surface area contributed by atoms with Gasteiger partial charge in [-0.25, -0.2) is 4.79 Å². The summed E-state index contributed by atoms with van der Waals surface area (Å²) in [6.07, 6.45) is 3.04. The highest BCUT2D eigenvalue weighted by Crippen LogP contribution is 2.15. The quantitative estimate of drug-likeness (QED) is 0.325. The maximum Gasteiger partial charge on any atom is 0.330 e. The minimum atomic E-state index is -0.958. The lowest BCUT2D eigenvalue weighted by Gasteiger charge is -2.30. The second-order valence-electron chi connectivity index (χ2n) is 6.36. The number of hydrogen-bond donors (Lipinski definition) is 2. The lowest BCUT2D eigenvalue weighted by molar-refractivity contribution is -0.896. The van der Waals surface area contributed by atoms with Crippen LogP contribution in [0.3, 0.4) is 0 Å². The first kappa shape index (κ1) is 21.3. The minimum absolute atomic E-state index is 0.341. The van der Waals surface area contributed by atoms with Gasteiger partial charge in [0.25, 0.3) is 0 Å². The summed E-state index contributed by atoms with van der Waals surface area (Å²) in [6.45, 7) is 12.3. The summed E-state index contributed by atoms with van der Waals surface area (Å²) in [5.41, 5.74) is 0.575. The number of rotatable bonds is 11. The van der Waals surface area contributed by atoms with Crippen molar-refractivity contribution in [3.8, 4) is 0 Å². The first-order chi connectivity index (χ1) is 12.0. The van der Waals surface area contributed by atoms with Crippen molar-refractivity contribution in [1.29, 1.82) is 0 Å². The third-order valence-corrected chi connectivity index (χ3v) is 4.68. The van der Waals surface area contributed by atoms with E-state index in [9.17, 15) is 14.4 Å². The second kappa shape index (κ2) is 11.0. The molecule has 1 fully saturated rings. The number of aliphatic imine (C=N–C) groups is 1. The molecule has 0 aliphatic carbocycles. The molecule has 0 aromatic heterocycles. The van der Waals surface area contributed by atoms with Crippen molar-refractivity contribution in [1.82, 2.24) is 10.2 Å². The number of nitrogens with one attached hydrogen (secondary N) is 2. The monoisotopic (exact) mass is 353 g/mol. The van der Waals surface area contributed by atoms with Crippen LogP contribution < -0.4 is 10.2 Å². The number of unbranched alkanes of at least 4 members (excludes halogenated alkanes) is 1. The number of nitrogens with zero attached hydrogens (tertiary/aromatic N) is 2. The number of hydrogen-bond acceptors (Lipinski definition) is 4. The van der Waals surface area contributed by atoms with Gasteiger partial charge in [0.15, 0.2) is 5.92 Å². The van der Waals surface area contributed by atoms with Crippen LogP contribution in [0.4, 0.5) is 4.79 Å². The predicted octanol–water partition coefficient (Wildman–Crippen LogP) is 0.647. The van der Waals surface area contributed by atoms with Crippen molar-refractivity contribution in [2.75, 3.05) is 32.7 Å². The van der Waals surface area contributed by atoms with Gasteiger partial charge in [-0.05, 0) is 26.7 Å². The zero-order valence-electron chi connectivity index (χ0n) is 16.1. The van der Waals surface area contributed by atoms with E-state index in [-0.39, 0.29) is 0 Å². The van der Waals surface area contributed by atoms with Crippen LogP contribution in [0.25, 0.3) is 0 Å². The predicted molar refractivity (Wildman–Crippen MR) is 97.8 cm³/mol. The maximum absolute atomic E-state index is 12.6. The summed E-state index contributed by atoms with van der Waals surface area (Å²) < 4.78 is 0. The van der Waals surface area contributed by atoms with Crippen LogP contribution in [0, 0.1) is 5.92 Å². The van der Waals surface area contributed by atoms with Crippen molar-refractivity contribution in [3.63, 3.8) is 0 Å². The molecule has 0 saturated carbocycles. The number of quaternary nitrogens is 1. The standard InChI is InChI=1S/C18H32N4O3/c1-5-9-13-22-17(24)15(16(23)20-18(22)25)14(6-2)19-11-10-12-21(7-3)8-4/h15H,5-13H2,1-4H3,(H,20,23,25)/p+1/t15-/m0/s1. The molecule has 4 amide bonds. The number of urea groups is 1. The topological polar surface area (TPSA) is 83.3 Å². The lowest BCUT2D eigenvalue weighted by atomic mass is 9.96. The zero-order chi connectivity index (χ0) is 18.8. The van der Waals surface area contributed by atoms with Crippen LogP contribution >= 0.6 is 0 Å². The van der Waals surface area contributed by atoms with E-state index in [1.807, 2.05) is 13.8 Å². The highest BCUT2D eigenvalue weighted by Gasteiger charge is 2.42. The first-order valence-corrected chi connectivity index (χ1v) is 9.52. The molecule has 1 atom stereocenters. The van der Waals surface area contributed by atoms with Crippen LogP contribution in [0.2, 0.25) is 0 Å². The number of carbonyl (C=O) groups is 3. The van der Waals surface area contributed by atoms with Crippen molar-refractivity contribution in [3.05, 3.63) is 0 Å². The molecule has 7 nitrogen and oxygen atoms in total. The Labute approximate surface area is 150 Å². The van der Waals surface area contributed by atoms with Crippen LogP contribution in [0.5, 0.6) is 0 Å². The molecule has 1 saturated heterocycles. The SMILES string of the molecule is CCCCN1C(=O)NC(=O)[C@H](C(CC)=NCCC[NH+](CC)CC)C1=O. The smallest absolute Gasteiger partial charge is 0.330 e. The molecule has 0 spiro atoms. The van der Waals surface area contributed by atoms with Crippen molar-refractivity contribution < 1.29 is 19.3 Å². The van der Waals surface area contributed by atoms with E-state index in [1.54, 1.807) is 0 Å². The minimum Gasteiger partial charge on any atom is -0.335 e. The number of barbiturate groups is 1. The Morgan fingerprint density at radius 2 is 1.80 bits per heavy atom. The van der Waals surface area contributed by atoms with Gasteiger partial charge in [0.1, 0.15) is 0 Å². The van der Waals surface area contributed by atoms with Gasteiger partial charge in [0.2, 0.25) is 11.8 Å². The van der Waals surface area contributed by atoms with Gasteiger partial charge in [-0.15, -0.1) is 0 Å². The lowest BCUT2D eigenvalue weighted by Crippen LogP contribution is -3.11. The summed E-state index contributed by atoms with van der Waals surface area (Å²) in [7, 11) is 0. The number of amides is 4. The van der Waals surface area contributed by atoms with Crippen molar-refractivity contribution >= 4 is 23.6 Å². The normalized spacial score (nSPS) is 18.9. The average molecular weight is 353 g/mol. The van der Waals surface area contributed by atoms with Crippen LogP contribution in [-0.2, 0) is 9.59 Å². The molecule has 0 bridgehead atoms. The van der Waals surface area contributed by atoms with E-state index in [2.05, 4.69) is 24.2 Å². The summed E-state index contributed by atoms with van der Waals surface area (Å²) in [5.74, 6) is -1.93. The summed E-state index contributed by atoms with van der Waals surface area (Å²) >= 11 is 0. The Balaban J connectivity index is 2.77. The van der Waals surface area contributed by atoms with Crippen molar-refractivity contribution in [2.24, 2.45) is 10.9 Å². The molecule has 1 aliphatic heterocycles. The van der Waals surface area contributed by atoms with Gasteiger partial charge in [0, 0.05) is 25.2 Å². The van der Waals surface area contributed by atoms with E-state index in [4.69, 9.17) is 0 Å². The third-order valence-electron chi connectivity index (χ3n) is 4.68. The fourth-order valence-electron chi connectivity index (χ4n) is 3.00. The summed E-state index contributed by atoms with van der Waals surface area (Å²) in [6, 6.07) is -0.611. The molecule has 0 unspecified atom stereocenters. The fraction of sp³-hybridized carbons (Fsp3) is 0.778. The molecular weight excluding hydrogens is 320 g/mol. The molecule has 7 heteroatoms. The Morgan fingerprint density at radius 1 is 1.12 bits per heavy atom. The molecule has 1 rings (SSSR count). The van der Waals surface area contributed by atoms with Crippen LogP contribution in [0.1, 0.15) is 53.4 Å². The van der Waals surface area contributed by atoms with Crippen molar-refractivity contribution in [2.45, 2.75) is 53.4 Å². The molecule has 1 aliphatic rings. The fourth-order valence-corrected chi connectivity index (χ4v) is 3.00. The first-order valence-electron chi connectivity index (χ1n) is 9.52. The molecule has 0 aromatic carbocycles. The van der Waals surface area contributed by atoms with Gasteiger partial charge in [0.05, 0.1) is 19.6 Å². The second-order valence-corrected chi connectivity index (χ2v) is 6.36. The third kappa shape index (κ3) is 5.92. The van der Waals surface area contributed by atoms with Gasteiger partial charge in [-0.1, -0.05) is 20.3 Å². The van der Waals surface area contributed by atoms with E-state index in [0.717, 1.165) is 43.8 Å². The molecule has 2 N–H and O–H groups in total. The van der Waals surface area contributed by atoms with E-state index in [1.165, 1.54) is 4.90 Å². The molecule has 142 valence electrons. The van der Waals surface area contributed by atoms with Gasteiger partial charge < -0.3 is 4.90 Å². The Hall–Kier alpha value is -1.76. The Morgan fingerprint density at radius 3 is 2.36 bits per heavy atom. The van der Waals surface area contributed by atoms with Gasteiger partial charge >= 0.3 is 6.03 Å². The number of carbonyl (C=O) groups excluding carboxylic acids is 3. The molecule has 0 aromatic rings. The highest BCUT2D eigenvalue weighted by molar-refractivity contribution is 6.27. The Bertz CT molecular complexity index is 501. The maximum atomic E-state index is 12.6.